The molecule has 1 amide bonds. The Morgan fingerprint density at radius 2 is 1.28 bits per heavy atom. The molecule has 36 heavy (non-hydrogen) atoms. The fourth-order valence-corrected chi connectivity index (χ4v) is 4.19. The molecule has 200 valence electrons. The third-order valence-electron chi connectivity index (χ3n) is 6.39. The van der Waals surface area contributed by atoms with E-state index in [4.69, 9.17) is 9.47 Å². The maximum absolute atomic E-state index is 12.0. The van der Waals surface area contributed by atoms with Crippen LogP contribution in [-0.2, 0) is 11.2 Å². The quantitative estimate of drug-likeness (QED) is 0.170. The Hall–Kier alpha value is -2.56. The molecule has 0 spiro atoms. The Kier molecular flexibility index (Phi) is 17.0. The van der Waals surface area contributed by atoms with Gasteiger partial charge in [-0.05, 0) is 42.8 Å². The minimum atomic E-state index is -0.135. The van der Waals surface area contributed by atoms with Gasteiger partial charge in [-0.25, -0.2) is 0 Å². The van der Waals surface area contributed by atoms with Gasteiger partial charge in [0.25, 0.3) is 5.91 Å². The van der Waals surface area contributed by atoms with Crippen LogP contribution >= 0.6 is 0 Å². The molecule has 0 bridgehead atoms. The number of pyridine rings is 1. The molecule has 1 heterocycles. The van der Waals surface area contributed by atoms with Gasteiger partial charge in [0.15, 0.2) is 6.61 Å². The Morgan fingerprint density at radius 3 is 1.83 bits per heavy atom. The fourth-order valence-electron chi connectivity index (χ4n) is 4.19. The first kappa shape index (κ1) is 29.7. The van der Waals surface area contributed by atoms with E-state index >= 15 is 0 Å². The number of amides is 1. The van der Waals surface area contributed by atoms with Gasteiger partial charge in [-0.15, -0.1) is 0 Å². The van der Waals surface area contributed by atoms with E-state index in [2.05, 4.69) is 17.2 Å². The van der Waals surface area contributed by atoms with Crippen molar-refractivity contribution in [3.05, 3.63) is 54.4 Å². The van der Waals surface area contributed by atoms with Crippen LogP contribution in [0.25, 0.3) is 0 Å². The van der Waals surface area contributed by atoms with Crippen molar-refractivity contribution >= 4 is 5.91 Å². The van der Waals surface area contributed by atoms with E-state index in [1.165, 1.54) is 83.5 Å². The van der Waals surface area contributed by atoms with Crippen LogP contribution in [0.1, 0.15) is 103 Å². The van der Waals surface area contributed by atoms with Crippen molar-refractivity contribution in [3.63, 3.8) is 0 Å². The molecule has 1 aromatic carbocycles. The van der Waals surface area contributed by atoms with Crippen LogP contribution in [0.2, 0.25) is 0 Å². The molecule has 2 rings (SSSR count). The highest BCUT2D eigenvalue weighted by Gasteiger charge is 2.04. The number of rotatable bonds is 22. The number of ether oxygens (including phenoxy) is 2. The minimum absolute atomic E-state index is 0.00146. The Bertz CT molecular complexity index is 780. The van der Waals surface area contributed by atoms with Gasteiger partial charge in [0.1, 0.15) is 11.5 Å². The van der Waals surface area contributed by atoms with E-state index in [0.717, 1.165) is 24.5 Å². The summed E-state index contributed by atoms with van der Waals surface area (Å²) in [6, 6.07) is 13.3. The van der Waals surface area contributed by atoms with E-state index in [1.54, 1.807) is 6.20 Å². The van der Waals surface area contributed by atoms with Gasteiger partial charge in [0, 0.05) is 24.9 Å². The van der Waals surface area contributed by atoms with Crippen molar-refractivity contribution in [1.29, 1.82) is 0 Å². The molecule has 0 radical (unpaired) electrons. The van der Waals surface area contributed by atoms with E-state index < -0.39 is 0 Å². The molecule has 1 N–H and O–H groups in total. The van der Waals surface area contributed by atoms with Crippen LogP contribution in [0, 0.1) is 0 Å². The lowest BCUT2D eigenvalue weighted by Gasteiger charge is -2.09. The number of hydrogen-bond acceptors (Lipinski definition) is 4. The van der Waals surface area contributed by atoms with Crippen LogP contribution in [0.15, 0.2) is 48.7 Å². The van der Waals surface area contributed by atoms with Crippen LogP contribution in [0.5, 0.6) is 11.5 Å². The maximum Gasteiger partial charge on any atom is 0.257 e. The van der Waals surface area contributed by atoms with Crippen molar-refractivity contribution < 1.29 is 14.3 Å². The lowest BCUT2D eigenvalue weighted by Crippen LogP contribution is -2.30. The first-order chi connectivity index (χ1) is 17.8. The standard InChI is InChI=1S/C31H48N2O3/c1-2-3-4-5-6-7-8-9-10-11-12-13-14-17-26-35-29-19-21-30(22-20-29)36-27-31(34)33-25-23-28-18-15-16-24-32-28/h15-16,18-22,24H,2-14,17,23,25-27H2,1H3,(H,33,34). The molecule has 0 aliphatic carbocycles. The zero-order valence-electron chi connectivity index (χ0n) is 22.5. The molecule has 0 aliphatic heterocycles. The molecule has 5 heteroatoms. The number of unbranched alkanes of at least 4 members (excludes halogenated alkanes) is 13. The predicted molar refractivity (Wildman–Crippen MR) is 149 cm³/mol. The molecular formula is C31H48N2O3. The summed E-state index contributed by atoms with van der Waals surface area (Å²) in [5, 5.41) is 2.86. The summed E-state index contributed by atoms with van der Waals surface area (Å²) in [6.45, 7) is 3.57. The fraction of sp³-hybridized carbons (Fsp3) is 0.613. The minimum Gasteiger partial charge on any atom is -0.494 e. The number of carbonyl (C=O) groups excluding carboxylic acids is 1. The normalized spacial score (nSPS) is 10.8. The van der Waals surface area contributed by atoms with Crippen molar-refractivity contribution in [3.8, 4) is 11.5 Å². The van der Waals surface area contributed by atoms with Gasteiger partial charge in [-0.2, -0.15) is 0 Å². The highest BCUT2D eigenvalue weighted by molar-refractivity contribution is 5.77. The van der Waals surface area contributed by atoms with E-state index in [9.17, 15) is 4.79 Å². The van der Waals surface area contributed by atoms with Crippen molar-refractivity contribution in [1.82, 2.24) is 10.3 Å². The summed E-state index contributed by atoms with van der Waals surface area (Å²) in [5.74, 6) is 1.37. The zero-order chi connectivity index (χ0) is 25.5. The zero-order valence-corrected chi connectivity index (χ0v) is 22.5. The molecule has 0 atom stereocenters. The number of benzene rings is 1. The number of nitrogens with one attached hydrogen (secondary N) is 1. The average molecular weight is 497 g/mol. The molecule has 5 nitrogen and oxygen atoms in total. The van der Waals surface area contributed by atoms with Gasteiger partial charge in [-0.1, -0.05) is 96.5 Å². The number of nitrogens with zero attached hydrogens (tertiary/aromatic N) is 1. The van der Waals surface area contributed by atoms with Crippen LogP contribution in [0.3, 0.4) is 0 Å². The first-order valence-corrected chi connectivity index (χ1v) is 14.3. The molecule has 0 saturated heterocycles. The van der Waals surface area contributed by atoms with Crippen molar-refractivity contribution in [2.45, 2.75) is 103 Å². The third-order valence-corrected chi connectivity index (χ3v) is 6.39. The van der Waals surface area contributed by atoms with E-state index in [1.807, 2.05) is 42.5 Å². The van der Waals surface area contributed by atoms with Crippen molar-refractivity contribution in [2.24, 2.45) is 0 Å². The van der Waals surface area contributed by atoms with Crippen molar-refractivity contribution in [2.75, 3.05) is 19.8 Å². The number of carbonyl (C=O) groups is 1. The van der Waals surface area contributed by atoms with Crippen LogP contribution < -0.4 is 14.8 Å². The summed E-state index contributed by atoms with van der Waals surface area (Å²) in [4.78, 5) is 16.2. The molecule has 0 saturated carbocycles. The monoisotopic (exact) mass is 496 g/mol. The predicted octanol–water partition coefficient (Wildman–Crippen LogP) is 7.68. The second-order valence-corrected chi connectivity index (χ2v) is 9.63. The Labute approximate surface area is 219 Å². The third kappa shape index (κ3) is 15.4. The van der Waals surface area contributed by atoms with Crippen LogP contribution in [-0.4, -0.2) is 30.6 Å². The second kappa shape index (κ2) is 20.6. The van der Waals surface area contributed by atoms with Gasteiger partial charge < -0.3 is 14.8 Å². The summed E-state index contributed by atoms with van der Waals surface area (Å²) < 4.78 is 11.4. The molecular weight excluding hydrogens is 448 g/mol. The smallest absolute Gasteiger partial charge is 0.257 e. The highest BCUT2D eigenvalue weighted by Crippen LogP contribution is 2.18. The SMILES string of the molecule is CCCCCCCCCCCCCCCCOc1ccc(OCC(=O)NCCc2ccccn2)cc1. The Morgan fingerprint density at radius 1 is 0.722 bits per heavy atom. The Balaban J connectivity index is 1.39. The molecule has 0 fully saturated rings. The topological polar surface area (TPSA) is 60.5 Å². The van der Waals surface area contributed by atoms with Gasteiger partial charge in [-0.3, -0.25) is 9.78 Å². The summed E-state index contributed by atoms with van der Waals surface area (Å²) in [6.07, 6.45) is 21.5. The summed E-state index contributed by atoms with van der Waals surface area (Å²) >= 11 is 0. The number of aromatic nitrogens is 1. The molecule has 0 aliphatic rings. The van der Waals surface area contributed by atoms with E-state index in [-0.39, 0.29) is 12.5 Å². The molecule has 0 unspecified atom stereocenters. The maximum atomic E-state index is 12.0. The summed E-state index contributed by atoms with van der Waals surface area (Å²) in [7, 11) is 0. The largest absolute Gasteiger partial charge is 0.494 e. The highest BCUT2D eigenvalue weighted by atomic mass is 16.5. The van der Waals surface area contributed by atoms with E-state index in [0.29, 0.717) is 18.7 Å². The lowest BCUT2D eigenvalue weighted by molar-refractivity contribution is -0.123. The summed E-state index contributed by atoms with van der Waals surface area (Å²) in [5.41, 5.74) is 0.961. The lowest BCUT2D eigenvalue weighted by atomic mass is 10.0. The van der Waals surface area contributed by atoms with Crippen LogP contribution in [0.4, 0.5) is 0 Å². The van der Waals surface area contributed by atoms with Gasteiger partial charge >= 0.3 is 0 Å². The van der Waals surface area contributed by atoms with Gasteiger partial charge in [0.2, 0.25) is 0 Å². The van der Waals surface area contributed by atoms with Gasteiger partial charge in [0.05, 0.1) is 6.61 Å². The second-order valence-electron chi connectivity index (χ2n) is 9.63. The molecule has 1 aromatic heterocycles. The first-order valence-electron chi connectivity index (χ1n) is 14.3. The molecule has 2 aromatic rings. The number of hydrogen-bond donors (Lipinski definition) is 1. The average Bonchev–Trinajstić information content (AvgIpc) is 2.91.